The first-order valence-corrected chi connectivity index (χ1v) is 7.89. The van der Waals surface area contributed by atoms with Crippen LogP contribution < -0.4 is 14.8 Å². The Morgan fingerprint density at radius 1 is 1.29 bits per heavy atom. The maximum absolute atomic E-state index is 12.8. The van der Waals surface area contributed by atoms with Gasteiger partial charge in [0, 0.05) is 37.6 Å². The number of benzene rings is 1. The zero-order chi connectivity index (χ0) is 16.9. The number of methoxy groups -OCH3 is 2. The molecule has 1 fully saturated rings. The number of pyridine rings is 1. The van der Waals surface area contributed by atoms with Gasteiger partial charge in [0.05, 0.1) is 25.5 Å². The van der Waals surface area contributed by atoms with Gasteiger partial charge in [-0.2, -0.15) is 0 Å². The summed E-state index contributed by atoms with van der Waals surface area (Å²) in [4.78, 5) is 18.7. The van der Waals surface area contributed by atoms with Gasteiger partial charge in [-0.25, -0.2) is 0 Å². The van der Waals surface area contributed by atoms with E-state index in [1.54, 1.807) is 44.8 Å². The van der Waals surface area contributed by atoms with Gasteiger partial charge in [0.15, 0.2) is 0 Å². The van der Waals surface area contributed by atoms with Gasteiger partial charge in [-0.05, 0) is 30.7 Å². The topological polar surface area (TPSA) is 63.7 Å². The molecule has 2 aromatic rings. The van der Waals surface area contributed by atoms with Gasteiger partial charge < -0.3 is 19.7 Å². The molecule has 2 heterocycles. The van der Waals surface area contributed by atoms with Crippen molar-refractivity contribution in [3.8, 4) is 11.5 Å². The van der Waals surface area contributed by atoms with Crippen LogP contribution in [0.5, 0.6) is 11.5 Å². The Morgan fingerprint density at radius 2 is 2.17 bits per heavy atom. The van der Waals surface area contributed by atoms with E-state index in [4.69, 9.17) is 9.47 Å². The van der Waals surface area contributed by atoms with Gasteiger partial charge in [0.2, 0.25) is 0 Å². The molecule has 1 N–H and O–H groups in total. The fourth-order valence-corrected chi connectivity index (χ4v) is 2.89. The van der Waals surface area contributed by atoms with Crippen LogP contribution in [0.1, 0.15) is 16.8 Å². The van der Waals surface area contributed by atoms with Gasteiger partial charge in [-0.3, -0.25) is 9.78 Å². The summed E-state index contributed by atoms with van der Waals surface area (Å²) < 4.78 is 10.5. The number of hydrogen-bond acceptors (Lipinski definition) is 5. The normalized spacial score (nSPS) is 16.8. The quantitative estimate of drug-likeness (QED) is 0.914. The first-order valence-electron chi connectivity index (χ1n) is 7.89. The van der Waals surface area contributed by atoms with Crippen LogP contribution >= 0.6 is 0 Å². The molecule has 1 aromatic carbocycles. The number of aromatic nitrogens is 1. The first-order chi connectivity index (χ1) is 11.7. The van der Waals surface area contributed by atoms with Gasteiger partial charge in [0.25, 0.3) is 5.91 Å². The van der Waals surface area contributed by atoms with E-state index in [-0.39, 0.29) is 11.9 Å². The summed E-state index contributed by atoms with van der Waals surface area (Å²) in [7, 11) is 3.15. The maximum atomic E-state index is 12.8. The summed E-state index contributed by atoms with van der Waals surface area (Å²) >= 11 is 0. The molecule has 24 heavy (non-hydrogen) atoms. The second-order valence-corrected chi connectivity index (χ2v) is 5.69. The number of ether oxygens (including phenoxy) is 2. The monoisotopic (exact) mass is 327 g/mol. The lowest BCUT2D eigenvalue weighted by Crippen LogP contribution is -2.31. The van der Waals surface area contributed by atoms with Crippen molar-refractivity contribution >= 4 is 11.6 Å². The number of hydrogen-bond donors (Lipinski definition) is 1. The van der Waals surface area contributed by atoms with E-state index >= 15 is 0 Å². The maximum Gasteiger partial charge on any atom is 0.257 e. The summed E-state index contributed by atoms with van der Waals surface area (Å²) in [5.41, 5.74) is 1.53. The zero-order valence-electron chi connectivity index (χ0n) is 13.9. The average molecular weight is 327 g/mol. The molecular formula is C18H21N3O3. The molecular weight excluding hydrogens is 306 g/mol. The van der Waals surface area contributed by atoms with Crippen molar-refractivity contribution in [3.05, 3.63) is 48.3 Å². The molecule has 0 saturated carbocycles. The molecule has 0 radical (unpaired) electrons. The summed E-state index contributed by atoms with van der Waals surface area (Å²) in [5.74, 6) is 1.17. The fraction of sp³-hybridized carbons (Fsp3) is 0.333. The lowest BCUT2D eigenvalue weighted by Gasteiger charge is -2.19. The predicted molar refractivity (Wildman–Crippen MR) is 91.7 cm³/mol. The second-order valence-electron chi connectivity index (χ2n) is 5.69. The van der Waals surface area contributed by atoms with Gasteiger partial charge >= 0.3 is 0 Å². The Kier molecular flexibility index (Phi) is 4.84. The van der Waals surface area contributed by atoms with E-state index in [9.17, 15) is 4.79 Å². The Morgan fingerprint density at radius 3 is 2.88 bits per heavy atom. The minimum absolute atomic E-state index is 0.0232. The fourth-order valence-electron chi connectivity index (χ4n) is 2.89. The van der Waals surface area contributed by atoms with Crippen LogP contribution in [0.25, 0.3) is 0 Å². The van der Waals surface area contributed by atoms with Crippen molar-refractivity contribution in [2.75, 3.05) is 32.6 Å². The highest BCUT2D eigenvalue weighted by molar-refractivity contribution is 5.97. The largest absolute Gasteiger partial charge is 0.497 e. The number of carbonyl (C=O) groups excluding carboxylic acids is 1. The van der Waals surface area contributed by atoms with Crippen molar-refractivity contribution in [3.63, 3.8) is 0 Å². The molecule has 1 atom stereocenters. The van der Waals surface area contributed by atoms with Gasteiger partial charge in [0.1, 0.15) is 11.5 Å². The molecule has 1 aromatic heterocycles. The molecule has 1 amide bonds. The molecule has 1 aliphatic rings. The number of carbonyl (C=O) groups is 1. The Bertz CT molecular complexity index is 706. The van der Waals surface area contributed by atoms with Gasteiger partial charge in [-0.1, -0.05) is 0 Å². The number of amides is 1. The minimum Gasteiger partial charge on any atom is -0.497 e. The third-order valence-corrected chi connectivity index (χ3v) is 4.15. The average Bonchev–Trinajstić information content (AvgIpc) is 3.09. The molecule has 0 aliphatic carbocycles. The van der Waals surface area contributed by atoms with Crippen molar-refractivity contribution in [1.82, 2.24) is 9.88 Å². The lowest BCUT2D eigenvalue weighted by atomic mass is 10.1. The van der Waals surface area contributed by atoms with Crippen LogP contribution in [0.4, 0.5) is 5.69 Å². The highest BCUT2D eigenvalue weighted by Gasteiger charge is 2.28. The van der Waals surface area contributed by atoms with E-state index in [1.807, 2.05) is 17.0 Å². The first kappa shape index (κ1) is 16.1. The van der Waals surface area contributed by atoms with Gasteiger partial charge in [-0.15, -0.1) is 0 Å². The summed E-state index contributed by atoms with van der Waals surface area (Å²) in [6.07, 6.45) is 4.43. The highest BCUT2D eigenvalue weighted by atomic mass is 16.5. The number of nitrogens with one attached hydrogen (secondary N) is 1. The Hall–Kier alpha value is -2.76. The highest BCUT2D eigenvalue weighted by Crippen LogP contribution is 2.27. The molecule has 1 saturated heterocycles. The van der Waals surface area contributed by atoms with Crippen molar-refractivity contribution in [2.24, 2.45) is 0 Å². The van der Waals surface area contributed by atoms with Crippen molar-refractivity contribution in [1.29, 1.82) is 0 Å². The smallest absolute Gasteiger partial charge is 0.257 e. The number of anilines is 1. The van der Waals surface area contributed by atoms with Crippen LogP contribution in [0.3, 0.4) is 0 Å². The Balaban J connectivity index is 1.68. The molecule has 0 unspecified atom stereocenters. The third kappa shape index (κ3) is 3.42. The number of likely N-dealkylation sites (tertiary alicyclic amines) is 1. The lowest BCUT2D eigenvalue weighted by molar-refractivity contribution is 0.0788. The second kappa shape index (κ2) is 7.21. The SMILES string of the molecule is COc1ccc(C(=O)N2CC[C@H](Nc3cccnc3)C2)c(OC)c1. The van der Waals surface area contributed by atoms with Crippen LogP contribution in [0, 0.1) is 0 Å². The Labute approximate surface area is 141 Å². The number of rotatable bonds is 5. The summed E-state index contributed by atoms with van der Waals surface area (Å²) in [6, 6.07) is 9.35. The molecule has 0 spiro atoms. The molecule has 126 valence electrons. The summed E-state index contributed by atoms with van der Waals surface area (Å²) in [6.45, 7) is 1.37. The van der Waals surface area contributed by atoms with Crippen LogP contribution in [0.2, 0.25) is 0 Å². The number of nitrogens with zero attached hydrogens (tertiary/aromatic N) is 2. The van der Waals surface area contributed by atoms with E-state index in [0.29, 0.717) is 30.2 Å². The minimum atomic E-state index is -0.0232. The predicted octanol–water partition coefficient (Wildman–Crippen LogP) is 2.43. The third-order valence-electron chi connectivity index (χ3n) is 4.15. The van der Waals surface area contributed by atoms with E-state index in [1.165, 1.54) is 0 Å². The van der Waals surface area contributed by atoms with Crippen molar-refractivity contribution in [2.45, 2.75) is 12.5 Å². The molecule has 6 heteroatoms. The summed E-state index contributed by atoms with van der Waals surface area (Å²) in [5, 5.41) is 3.42. The molecule has 0 bridgehead atoms. The standard InChI is InChI=1S/C18H21N3O3/c1-23-15-5-6-16(17(10-15)24-2)18(22)21-9-7-14(12-21)20-13-4-3-8-19-11-13/h3-6,8,10-11,14,20H,7,9,12H2,1-2H3/t14-/m0/s1. The molecule has 6 nitrogen and oxygen atoms in total. The van der Waals surface area contributed by atoms with E-state index < -0.39 is 0 Å². The molecule has 1 aliphatic heterocycles. The van der Waals surface area contributed by atoms with Crippen LogP contribution in [-0.2, 0) is 0 Å². The van der Waals surface area contributed by atoms with Crippen molar-refractivity contribution < 1.29 is 14.3 Å². The van der Waals surface area contributed by atoms with Crippen LogP contribution in [-0.4, -0.2) is 49.1 Å². The molecule has 3 rings (SSSR count). The van der Waals surface area contributed by atoms with Crippen LogP contribution in [0.15, 0.2) is 42.7 Å². The van der Waals surface area contributed by atoms with E-state index in [2.05, 4.69) is 10.3 Å². The van der Waals surface area contributed by atoms with E-state index in [0.717, 1.165) is 12.1 Å². The zero-order valence-corrected chi connectivity index (χ0v) is 13.9.